The van der Waals surface area contributed by atoms with E-state index in [1.165, 1.54) is 5.56 Å². The van der Waals surface area contributed by atoms with E-state index in [9.17, 15) is 0 Å². The molecular formula is C14H19NO2. The molecule has 2 rings (SSSR count). The van der Waals surface area contributed by atoms with Crippen molar-refractivity contribution in [1.29, 1.82) is 0 Å². The first-order chi connectivity index (χ1) is 7.89. The summed E-state index contributed by atoms with van der Waals surface area (Å²) in [6.07, 6.45) is 0.881. The Morgan fingerprint density at radius 3 is 2.35 bits per heavy atom. The third-order valence-corrected chi connectivity index (χ3v) is 2.76. The molecule has 92 valence electrons. The number of ether oxygens (including phenoxy) is 1. The van der Waals surface area contributed by atoms with Gasteiger partial charge in [-0.2, -0.15) is 0 Å². The van der Waals surface area contributed by atoms with Crippen molar-refractivity contribution in [2.75, 3.05) is 0 Å². The largest absolute Gasteiger partial charge is 0.434 e. The lowest BCUT2D eigenvalue weighted by atomic mass is 9.85. The van der Waals surface area contributed by atoms with Crippen LogP contribution in [0.4, 0.5) is 0 Å². The van der Waals surface area contributed by atoms with Crippen molar-refractivity contribution in [1.82, 2.24) is 0 Å². The van der Waals surface area contributed by atoms with Gasteiger partial charge < -0.3 is 9.57 Å². The zero-order chi connectivity index (χ0) is 12.5. The Bertz CT molecular complexity index is 421. The summed E-state index contributed by atoms with van der Waals surface area (Å²) < 4.78 is 5.71. The highest BCUT2D eigenvalue weighted by Crippen LogP contribution is 2.31. The fourth-order valence-electron chi connectivity index (χ4n) is 1.86. The number of rotatable bonds is 3. The van der Waals surface area contributed by atoms with Crippen LogP contribution in [0.15, 0.2) is 35.5 Å². The third-order valence-electron chi connectivity index (χ3n) is 2.76. The van der Waals surface area contributed by atoms with E-state index in [1.54, 1.807) is 0 Å². The zero-order valence-corrected chi connectivity index (χ0v) is 10.9. The predicted molar refractivity (Wildman–Crippen MR) is 67.6 cm³/mol. The molecule has 0 saturated heterocycles. The average molecular weight is 233 g/mol. The van der Waals surface area contributed by atoms with E-state index in [-0.39, 0.29) is 5.41 Å². The molecule has 0 aliphatic carbocycles. The third kappa shape index (κ3) is 2.78. The van der Waals surface area contributed by atoms with Gasteiger partial charge in [-0.15, -0.1) is 0 Å². The number of nitrogens with zero attached hydrogens (tertiary/aromatic N) is 1. The number of oxime groups is 1. The molecule has 1 aliphatic rings. The van der Waals surface area contributed by atoms with Gasteiger partial charge in [0.15, 0.2) is 0 Å². The van der Waals surface area contributed by atoms with Crippen LogP contribution in [-0.4, -0.2) is 11.7 Å². The molecule has 0 fully saturated rings. The van der Waals surface area contributed by atoms with Crippen LogP contribution in [0.1, 0.15) is 33.3 Å². The summed E-state index contributed by atoms with van der Waals surface area (Å²) in [5.74, 6) is 0.0369. The lowest BCUT2D eigenvalue weighted by Crippen LogP contribution is -2.32. The van der Waals surface area contributed by atoms with Gasteiger partial charge in [0, 0.05) is 19.3 Å². The van der Waals surface area contributed by atoms with Gasteiger partial charge in [-0.05, 0) is 17.1 Å². The van der Waals surface area contributed by atoms with Crippen LogP contribution in [0, 0.1) is 5.41 Å². The van der Waals surface area contributed by atoms with Crippen LogP contribution in [0.5, 0.6) is 0 Å². The second-order valence-corrected chi connectivity index (χ2v) is 5.54. The summed E-state index contributed by atoms with van der Waals surface area (Å²) in [5, 5.41) is 4.05. The molecule has 0 aromatic heterocycles. The molecule has 0 saturated carbocycles. The van der Waals surface area contributed by atoms with Gasteiger partial charge in [-0.1, -0.05) is 44.2 Å². The van der Waals surface area contributed by atoms with Crippen molar-refractivity contribution in [2.45, 2.75) is 39.9 Å². The first-order valence-electron chi connectivity index (χ1n) is 5.89. The predicted octanol–water partition coefficient (Wildman–Crippen LogP) is 3.35. The Balaban J connectivity index is 2.10. The van der Waals surface area contributed by atoms with Gasteiger partial charge in [0.1, 0.15) is 0 Å². The normalized spacial score (nSPS) is 18.2. The number of hydrogen-bond donors (Lipinski definition) is 0. The molecule has 0 atom stereocenters. The van der Waals surface area contributed by atoms with Gasteiger partial charge in [0.05, 0.1) is 0 Å². The molecule has 1 aromatic carbocycles. The van der Waals surface area contributed by atoms with Crippen molar-refractivity contribution >= 4 is 5.90 Å². The van der Waals surface area contributed by atoms with Gasteiger partial charge in [0.2, 0.25) is 5.90 Å². The summed E-state index contributed by atoms with van der Waals surface area (Å²) in [6, 6.07) is 10.3. The van der Waals surface area contributed by atoms with E-state index in [4.69, 9.17) is 9.57 Å². The molecule has 3 nitrogen and oxygen atoms in total. The maximum absolute atomic E-state index is 5.71. The Labute approximate surface area is 102 Å². The van der Waals surface area contributed by atoms with Crippen LogP contribution >= 0.6 is 0 Å². The Hall–Kier alpha value is -1.51. The van der Waals surface area contributed by atoms with Crippen LogP contribution in [0.2, 0.25) is 0 Å². The molecule has 17 heavy (non-hydrogen) atoms. The molecule has 3 heteroatoms. The smallest absolute Gasteiger partial charge is 0.271 e. The highest BCUT2D eigenvalue weighted by molar-refractivity contribution is 5.82. The van der Waals surface area contributed by atoms with Crippen molar-refractivity contribution in [2.24, 2.45) is 10.6 Å². The van der Waals surface area contributed by atoms with Crippen LogP contribution in [-0.2, 0) is 16.0 Å². The molecular weight excluding hydrogens is 214 g/mol. The van der Waals surface area contributed by atoms with Gasteiger partial charge in [-0.3, -0.25) is 0 Å². The molecule has 0 unspecified atom stereocenters. The van der Waals surface area contributed by atoms with Crippen LogP contribution in [0.3, 0.4) is 0 Å². The molecule has 0 amide bonds. The van der Waals surface area contributed by atoms with Gasteiger partial charge >= 0.3 is 0 Å². The molecule has 0 N–H and O–H groups in total. The van der Waals surface area contributed by atoms with Gasteiger partial charge in [0.25, 0.3) is 5.79 Å². The molecule has 1 aliphatic heterocycles. The first kappa shape index (κ1) is 12.0. The lowest BCUT2D eigenvalue weighted by molar-refractivity contribution is -0.131. The summed E-state index contributed by atoms with van der Waals surface area (Å²) >= 11 is 0. The van der Waals surface area contributed by atoms with Crippen molar-refractivity contribution < 1.29 is 9.57 Å². The maximum atomic E-state index is 5.71. The Morgan fingerprint density at radius 2 is 1.82 bits per heavy atom. The van der Waals surface area contributed by atoms with Crippen LogP contribution in [0.25, 0.3) is 0 Å². The second kappa shape index (κ2) is 4.06. The SMILES string of the molecule is CC1(C)ON=C(C(C)(C)Cc2ccccc2)O1. The van der Waals surface area contributed by atoms with E-state index in [1.807, 2.05) is 32.0 Å². The second-order valence-electron chi connectivity index (χ2n) is 5.54. The maximum Gasteiger partial charge on any atom is 0.271 e. The molecule has 0 spiro atoms. The van der Waals surface area contributed by atoms with Crippen molar-refractivity contribution in [3.05, 3.63) is 35.9 Å². The van der Waals surface area contributed by atoms with E-state index < -0.39 is 5.79 Å². The fraction of sp³-hybridized carbons (Fsp3) is 0.500. The Morgan fingerprint density at radius 1 is 1.18 bits per heavy atom. The standard InChI is InChI=1S/C14H19NO2/c1-13(2,10-11-8-6-5-7-9-11)12-15-17-14(3,4)16-12/h5-9H,10H2,1-4H3. The molecule has 0 bridgehead atoms. The van der Waals surface area contributed by atoms with E-state index in [2.05, 4.69) is 31.1 Å². The molecule has 0 radical (unpaired) electrons. The lowest BCUT2D eigenvalue weighted by Gasteiger charge is -2.25. The minimum atomic E-state index is -0.636. The number of benzene rings is 1. The summed E-state index contributed by atoms with van der Waals surface area (Å²) in [5.41, 5.74) is 1.11. The highest BCUT2D eigenvalue weighted by Gasteiger charge is 2.38. The topological polar surface area (TPSA) is 30.8 Å². The molecule has 1 heterocycles. The van der Waals surface area contributed by atoms with Crippen LogP contribution < -0.4 is 0 Å². The average Bonchev–Trinajstić information content (AvgIpc) is 2.60. The zero-order valence-electron chi connectivity index (χ0n) is 10.9. The summed E-state index contributed by atoms with van der Waals surface area (Å²) in [4.78, 5) is 5.24. The Kier molecular flexibility index (Phi) is 2.86. The summed E-state index contributed by atoms with van der Waals surface area (Å²) in [7, 11) is 0. The van der Waals surface area contributed by atoms with E-state index >= 15 is 0 Å². The highest BCUT2D eigenvalue weighted by atomic mass is 16.8. The van der Waals surface area contributed by atoms with Crippen molar-refractivity contribution in [3.63, 3.8) is 0 Å². The first-order valence-corrected chi connectivity index (χ1v) is 5.89. The monoisotopic (exact) mass is 233 g/mol. The minimum Gasteiger partial charge on any atom is -0.434 e. The molecule has 1 aromatic rings. The fourth-order valence-corrected chi connectivity index (χ4v) is 1.86. The van der Waals surface area contributed by atoms with Gasteiger partial charge in [-0.25, -0.2) is 0 Å². The van der Waals surface area contributed by atoms with E-state index in [0.29, 0.717) is 5.90 Å². The quantitative estimate of drug-likeness (QED) is 0.801. The number of hydrogen-bond acceptors (Lipinski definition) is 3. The minimum absolute atomic E-state index is 0.158. The van der Waals surface area contributed by atoms with E-state index in [0.717, 1.165) is 6.42 Å². The summed E-state index contributed by atoms with van der Waals surface area (Å²) in [6.45, 7) is 7.96. The van der Waals surface area contributed by atoms with Crippen molar-refractivity contribution in [3.8, 4) is 0 Å².